The molecule has 0 bridgehead atoms. The van der Waals surface area contributed by atoms with Gasteiger partial charge in [-0.3, -0.25) is 0 Å². The monoisotopic (exact) mass is 483 g/mol. The Hall–Kier alpha value is -4.56. The summed E-state index contributed by atoms with van der Waals surface area (Å²) in [6.45, 7) is 0. The summed E-state index contributed by atoms with van der Waals surface area (Å²) in [6.07, 6.45) is 1.47. The fraction of sp³-hybridized carbons (Fsp3) is 0.0385. The lowest BCUT2D eigenvalue weighted by Gasteiger charge is -2.04. The van der Waals surface area contributed by atoms with Gasteiger partial charge in [-0.05, 0) is 72.3 Å². The molecule has 0 amide bonds. The molecule has 0 unspecified atom stereocenters. The van der Waals surface area contributed by atoms with Crippen molar-refractivity contribution >= 4 is 45.4 Å². The van der Waals surface area contributed by atoms with E-state index in [2.05, 4.69) is 25.3 Å². The van der Waals surface area contributed by atoms with Gasteiger partial charge in [-0.15, -0.1) is 0 Å². The third-order valence-electron chi connectivity index (χ3n) is 5.46. The zero-order valence-electron chi connectivity index (χ0n) is 18.4. The molecule has 2 N–H and O–H groups in total. The number of oxazole rings is 1. The minimum absolute atomic E-state index is 0.374. The Balaban J connectivity index is 1.27. The highest BCUT2D eigenvalue weighted by Crippen LogP contribution is 2.33. The molecule has 0 aliphatic heterocycles. The van der Waals surface area contributed by atoms with Crippen molar-refractivity contribution in [2.75, 3.05) is 12.4 Å². The Bertz CT molecular complexity index is 1640. The average Bonchev–Trinajstić information content (AvgIpc) is 3.50. The van der Waals surface area contributed by atoms with Gasteiger partial charge < -0.3 is 24.2 Å². The normalized spacial score (nSPS) is 11.1. The predicted molar refractivity (Wildman–Crippen MR) is 135 cm³/mol. The van der Waals surface area contributed by atoms with Gasteiger partial charge in [0.2, 0.25) is 5.88 Å². The summed E-state index contributed by atoms with van der Waals surface area (Å²) in [6, 6.07) is 22.8. The van der Waals surface area contributed by atoms with E-state index >= 15 is 0 Å². The number of nitrogens with zero attached hydrogens (tertiary/aromatic N) is 3. The summed E-state index contributed by atoms with van der Waals surface area (Å²) in [5.41, 5.74) is 4.68. The van der Waals surface area contributed by atoms with Gasteiger partial charge in [-0.2, -0.15) is 4.98 Å². The van der Waals surface area contributed by atoms with Crippen molar-refractivity contribution in [3.05, 3.63) is 84.1 Å². The maximum atomic E-state index is 6.12. The molecule has 0 spiro atoms. The highest BCUT2D eigenvalue weighted by Gasteiger charge is 2.13. The molecule has 3 heterocycles. The van der Waals surface area contributed by atoms with Gasteiger partial charge in [-0.1, -0.05) is 11.6 Å². The van der Waals surface area contributed by atoms with Crippen LogP contribution in [0.25, 0.3) is 33.4 Å². The summed E-state index contributed by atoms with van der Waals surface area (Å²) in [5.74, 6) is 1.81. The third-order valence-corrected chi connectivity index (χ3v) is 5.71. The van der Waals surface area contributed by atoms with E-state index in [9.17, 15) is 0 Å². The first-order valence-corrected chi connectivity index (χ1v) is 11.1. The summed E-state index contributed by atoms with van der Waals surface area (Å²) >= 11 is 5.95. The SMILES string of the molecule is COc1ccc(-c2cc3c(Oc4ccc5oc(Nc6ccc(Cl)cc6)nc5c4)ncnc3[nH]2)cc1. The summed E-state index contributed by atoms with van der Waals surface area (Å²) in [4.78, 5) is 16.5. The second kappa shape index (κ2) is 8.66. The number of nitrogens with one attached hydrogen (secondary N) is 2. The summed E-state index contributed by atoms with van der Waals surface area (Å²) < 4.78 is 17.2. The van der Waals surface area contributed by atoms with Crippen LogP contribution in [0.1, 0.15) is 0 Å². The number of H-pyrrole nitrogens is 1. The van der Waals surface area contributed by atoms with Crippen LogP contribution in [0.5, 0.6) is 17.4 Å². The maximum Gasteiger partial charge on any atom is 0.300 e. The van der Waals surface area contributed by atoms with Crippen LogP contribution < -0.4 is 14.8 Å². The second-order valence-electron chi connectivity index (χ2n) is 7.74. The number of aromatic nitrogens is 4. The van der Waals surface area contributed by atoms with Crippen molar-refractivity contribution in [3.8, 4) is 28.6 Å². The smallest absolute Gasteiger partial charge is 0.300 e. The van der Waals surface area contributed by atoms with Crippen LogP contribution >= 0.6 is 11.6 Å². The van der Waals surface area contributed by atoms with Gasteiger partial charge >= 0.3 is 0 Å². The molecule has 172 valence electrons. The average molecular weight is 484 g/mol. The third kappa shape index (κ3) is 4.22. The first-order valence-electron chi connectivity index (χ1n) is 10.7. The lowest BCUT2D eigenvalue weighted by molar-refractivity contribution is 0.415. The van der Waals surface area contributed by atoms with E-state index in [4.69, 9.17) is 25.5 Å². The molecule has 35 heavy (non-hydrogen) atoms. The topological polar surface area (TPSA) is 98.1 Å². The Kier molecular flexibility index (Phi) is 5.20. The number of anilines is 2. The molecule has 0 atom stereocenters. The van der Waals surface area contributed by atoms with E-state index in [0.717, 1.165) is 28.1 Å². The van der Waals surface area contributed by atoms with Crippen molar-refractivity contribution in [2.24, 2.45) is 0 Å². The lowest BCUT2D eigenvalue weighted by atomic mass is 10.1. The quantitative estimate of drug-likeness (QED) is 0.264. The van der Waals surface area contributed by atoms with Gasteiger partial charge in [0.25, 0.3) is 6.01 Å². The highest BCUT2D eigenvalue weighted by molar-refractivity contribution is 6.30. The van der Waals surface area contributed by atoms with Gasteiger partial charge in [0, 0.05) is 22.5 Å². The minimum Gasteiger partial charge on any atom is -0.497 e. The van der Waals surface area contributed by atoms with Crippen molar-refractivity contribution in [1.82, 2.24) is 19.9 Å². The van der Waals surface area contributed by atoms with Gasteiger partial charge in [0.1, 0.15) is 29.0 Å². The lowest BCUT2D eigenvalue weighted by Crippen LogP contribution is -1.90. The van der Waals surface area contributed by atoms with Gasteiger partial charge in [-0.25, -0.2) is 9.97 Å². The largest absolute Gasteiger partial charge is 0.497 e. The number of hydrogen-bond donors (Lipinski definition) is 2. The van der Waals surface area contributed by atoms with Crippen LogP contribution in [0.15, 0.2) is 83.5 Å². The Labute approximate surface area is 204 Å². The number of fused-ring (bicyclic) bond motifs is 2. The molecule has 3 aromatic carbocycles. The van der Waals surface area contributed by atoms with Gasteiger partial charge in [0.05, 0.1) is 12.5 Å². The number of rotatable bonds is 6. The molecule has 0 saturated carbocycles. The summed E-state index contributed by atoms with van der Waals surface area (Å²) in [5, 5.41) is 4.56. The molecule has 8 nitrogen and oxygen atoms in total. The highest BCUT2D eigenvalue weighted by atomic mass is 35.5. The fourth-order valence-corrected chi connectivity index (χ4v) is 3.84. The molecular weight excluding hydrogens is 466 g/mol. The molecule has 0 fully saturated rings. The standard InChI is InChI=1S/C26H18ClN5O3/c1-33-18-8-2-15(3-9-18)21-13-20-24(31-21)28-14-29-25(20)34-19-10-11-23-22(12-19)32-26(35-23)30-17-6-4-16(27)5-7-17/h2-14H,1H3,(H,30,32)(H,28,29,31). The molecule has 6 aromatic rings. The van der Waals surface area contributed by atoms with Crippen LogP contribution in [0.2, 0.25) is 5.02 Å². The first-order chi connectivity index (χ1) is 17.1. The van der Waals surface area contributed by atoms with E-state index in [1.165, 1.54) is 6.33 Å². The van der Waals surface area contributed by atoms with Crippen LogP contribution in [-0.2, 0) is 0 Å². The van der Waals surface area contributed by atoms with Crippen LogP contribution in [-0.4, -0.2) is 27.0 Å². The van der Waals surface area contributed by atoms with Crippen LogP contribution in [0, 0.1) is 0 Å². The Morgan fingerprint density at radius 3 is 2.51 bits per heavy atom. The minimum atomic E-state index is 0.374. The van der Waals surface area contributed by atoms with Crippen molar-refractivity contribution in [2.45, 2.75) is 0 Å². The number of halogens is 1. The van der Waals surface area contributed by atoms with Crippen molar-refractivity contribution in [3.63, 3.8) is 0 Å². The van der Waals surface area contributed by atoms with Crippen LogP contribution in [0.4, 0.5) is 11.7 Å². The maximum absolute atomic E-state index is 6.12. The van der Waals surface area contributed by atoms with Crippen molar-refractivity contribution < 1.29 is 13.9 Å². The number of hydrogen-bond acceptors (Lipinski definition) is 7. The molecular formula is C26H18ClN5O3. The summed E-state index contributed by atoms with van der Waals surface area (Å²) in [7, 11) is 1.64. The molecule has 0 radical (unpaired) electrons. The second-order valence-corrected chi connectivity index (χ2v) is 8.17. The van der Waals surface area contributed by atoms with E-state index in [0.29, 0.717) is 39.4 Å². The number of methoxy groups -OCH3 is 1. The molecule has 0 aliphatic carbocycles. The zero-order chi connectivity index (χ0) is 23.8. The molecule has 0 aliphatic rings. The van der Waals surface area contributed by atoms with E-state index < -0.39 is 0 Å². The van der Waals surface area contributed by atoms with Crippen molar-refractivity contribution in [1.29, 1.82) is 0 Å². The molecule has 9 heteroatoms. The Morgan fingerprint density at radius 2 is 1.71 bits per heavy atom. The molecule has 3 aromatic heterocycles. The fourth-order valence-electron chi connectivity index (χ4n) is 3.72. The van der Waals surface area contributed by atoms with Gasteiger partial charge in [0.15, 0.2) is 5.58 Å². The number of ether oxygens (including phenoxy) is 2. The van der Waals surface area contributed by atoms with E-state index in [1.54, 1.807) is 25.3 Å². The predicted octanol–water partition coefficient (Wildman–Crippen LogP) is 6.96. The molecule has 6 rings (SSSR count). The molecule has 0 saturated heterocycles. The van der Waals surface area contributed by atoms with E-state index in [-0.39, 0.29) is 0 Å². The van der Waals surface area contributed by atoms with E-state index in [1.807, 2.05) is 54.6 Å². The Morgan fingerprint density at radius 1 is 0.914 bits per heavy atom. The first kappa shape index (κ1) is 21.0. The zero-order valence-corrected chi connectivity index (χ0v) is 19.2. The number of benzene rings is 3. The number of aromatic amines is 1. The van der Waals surface area contributed by atoms with Crippen LogP contribution in [0.3, 0.4) is 0 Å².